The second-order valence-corrected chi connectivity index (χ2v) is 4.14. The number of nitrogens with two attached hydrogens (primary N) is 1. The fraction of sp³-hybridized carbons (Fsp3) is 0.500. The zero-order valence-corrected chi connectivity index (χ0v) is 7.47. The van der Waals surface area contributed by atoms with Gasteiger partial charge in [0.05, 0.1) is 6.20 Å². The summed E-state index contributed by atoms with van der Waals surface area (Å²) >= 11 is 0. The van der Waals surface area contributed by atoms with Crippen LogP contribution in [0.3, 0.4) is 0 Å². The quantitative estimate of drug-likeness (QED) is 0.657. The van der Waals surface area contributed by atoms with E-state index < -0.39 is 9.84 Å². The molecule has 0 aliphatic carbocycles. The molecule has 0 bridgehead atoms. The number of sulfone groups is 1. The van der Waals surface area contributed by atoms with E-state index in [2.05, 4.69) is 4.99 Å². The van der Waals surface area contributed by atoms with E-state index >= 15 is 0 Å². The molecule has 1 aliphatic heterocycles. The molecule has 2 N–H and O–H groups in total. The van der Waals surface area contributed by atoms with Crippen molar-refractivity contribution in [2.75, 3.05) is 13.2 Å². The van der Waals surface area contributed by atoms with Crippen LogP contribution in [0.1, 0.15) is 6.92 Å². The standard InChI is InChI=1S/C6H10N2O3S/c1-2-11-4-6-8-3-5(7)12(6,9)10/h3H,2,4,7H2,1H3. The van der Waals surface area contributed by atoms with Gasteiger partial charge in [0.2, 0.25) is 9.84 Å². The second-order valence-electron chi connectivity index (χ2n) is 2.19. The van der Waals surface area contributed by atoms with Crippen molar-refractivity contribution in [3.05, 3.63) is 11.2 Å². The van der Waals surface area contributed by atoms with Gasteiger partial charge in [-0.25, -0.2) is 13.4 Å². The molecule has 0 aromatic rings. The molecular weight excluding hydrogens is 180 g/mol. The monoisotopic (exact) mass is 190 g/mol. The van der Waals surface area contributed by atoms with E-state index in [-0.39, 0.29) is 16.7 Å². The number of rotatable bonds is 3. The lowest BCUT2D eigenvalue weighted by Crippen LogP contribution is -2.21. The topological polar surface area (TPSA) is 81.8 Å². The zero-order valence-electron chi connectivity index (χ0n) is 6.65. The number of nitrogens with zero attached hydrogens (tertiary/aromatic N) is 1. The van der Waals surface area contributed by atoms with Crippen molar-refractivity contribution in [2.24, 2.45) is 10.7 Å². The highest BCUT2D eigenvalue weighted by atomic mass is 32.2. The summed E-state index contributed by atoms with van der Waals surface area (Å²) in [5.41, 5.74) is 5.18. The normalized spacial score (nSPS) is 20.4. The van der Waals surface area contributed by atoms with E-state index in [0.29, 0.717) is 6.61 Å². The lowest BCUT2D eigenvalue weighted by atomic mass is 10.7. The first-order valence-electron chi connectivity index (χ1n) is 3.44. The highest BCUT2D eigenvalue weighted by molar-refractivity contribution is 8.10. The Labute approximate surface area is 70.8 Å². The van der Waals surface area contributed by atoms with Gasteiger partial charge in [0.25, 0.3) is 0 Å². The van der Waals surface area contributed by atoms with E-state index in [1.165, 1.54) is 0 Å². The summed E-state index contributed by atoms with van der Waals surface area (Å²) < 4.78 is 27.3. The third-order valence-corrected chi connectivity index (χ3v) is 2.96. The van der Waals surface area contributed by atoms with Crippen LogP contribution in [0.25, 0.3) is 0 Å². The minimum absolute atomic E-state index is 0.00394. The van der Waals surface area contributed by atoms with Gasteiger partial charge in [0.15, 0.2) is 10.1 Å². The second kappa shape index (κ2) is 3.24. The summed E-state index contributed by atoms with van der Waals surface area (Å²) in [7, 11) is -3.47. The molecule has 0 amide bonds. The molecular formula is C6H10N2O3S. The molecule has 0 radical (unpaired) electrons. The lowest BCUT2D eigenvalue weighted by Gasteiger charge is -2.00. The molecule has 68 valence electrons. The summed E-state index contributed by atoms with van der Waals surface area (Å²) in [6.45, 7) is 2.23. The maximum absolute atomic E-state index is 11.2. The minimum Gasteiger partial charge on any atom is -0.388 e. The Hall–Kier alpha value is -0.880. The molecule has 1 rings (SSSR count). The maximum atomic E-state index is 11.2. The first-order chi connectivity index (χ1) is 5.59. The Morgan fingerprint density at radius 2 is 2.33 bits per heavy atom. The summed E-state index contributed by atoms with van der Waals surface area (Å²) in [4.78, 5) is 3.62. The Bertz CT molecular complexity index is 329. The lowest BCUT2D eigenvalue weighted by molar-refractivity contribution is 0.189. The fourth-order valence-electron chi connectivity index (χ4n) is 0.715. The van der Waals surface area contributed by atoms with E-state index in [1.54, 1.807) is 6.92 Å². The number of hydrogen-bond donors (Lipinski definition) is 1. The third kappa shape index (κ3) is 1.49. The van der Waals surface area contributed by atoms with Crippen molar-refractivity contribution in [3.8, 4) is 0 Å². The first kappa shape index (κ1) is 9.21. The van der Waals surface area contributed by atoms with Crippen molar-refractivity contribution in [1.29, 1.82) is 0 Å². The first-order valence-corrected chi connectivity index (χ1v) is 4.92. The van der Waals surface area contributed by atoms with Crippen LogP contribution < -0.4 is 5.73 Å². The van der Waals surface area contributed by atoms with Gasteiger partial charge < -0.3 is 10.5 Å². The van der Waals surface area contributed by atoms with Gasteiger partial charge in [-0.1, -0.05) is 0 Å². The molecule has 0 atom stereocenters. The predicted octanol–water partition coefficient (Wildman–Crippen LogP) is -0.393. The molecule has 0 aromatic heterocycles. The minimum atomic E-state index is -3.47. The van der Waals surface area contributed by atoms with Crippen molar-refractivity contribution >= 4 is 14.9 Å². The smallest absolute Gasteiger partial charge is 0.238 e. The van der Waals surface area contributed by atoms with Crippen LogP contribution in [-0.4, -0.2) is 26.7 Å². The van der Waals surface area contributed by atoms with Gasteiger partial charge in [-0.2, -0.15) is 0 Å². The van der Waals surface area contributed by atoms with Crippen LogP contribution in [0.4, 0.5) is 0 Å². The van der Waals surface area contributed by atoms with Gasteiger partial charge in [-0.05, 0) is 6.92 Å². The van der Waals surface area contributed by atoms with Gasteiger partial charge in [-0.15, -0.1) is 0 Å². The predicted molar refractivity (Wildman–Crippen MR) is 45.1 cm³/mol. The van der Waals surface area contributed by atoms with E-state index in [9.17, 15) is 8.42 Å². The fourth-order valence-corrected chi connectivity index (χ4v) is 1.61. The molecule has 5 nitrogen and oxygen atoms in total. The Balaban J connectivity index is 2.74. The maximum Gasteiger partial charge on any atom is 0.238 e. The van der Waals surface area contributed by atoms with E-state index in [4.69, 9.17) is 10.5 Å². The van der Waals surface area contributed by atoms with Crippen LogP contribution >= 0.6 is 0 Å². The van der Waals surface area contributed by atoms with Crippen molar-refractivity contribution in [3.63, 3.8) is 0 Å². The zero-order chi connectivity index (χ0) is 9.19. The summed E-state index contributed by atoms with van der Waals surface area (Å²) in [5, 5.41) is -0.223. The highest BCUT2D eigenvalue weighted by Gasteiger charge is 2.26. The number of ether oxygens (including phenoxy) is 1. The molecule has 0 unspecified atom stereocenters. The summed E-state index contributed by atoms with van der Waals surface area (Å²) in [6.07, 6.45) is 1.13. The van der Waals surface area contributed by atoms with Gasteiger partial charge in [0.1, 0.15) is 6.61 Å². The van der Waals surface area contributed by atoms with Crippen molar-refractivity contribution in [2.45, 2.75) is 6.92 Å². The molecule has 1 aliphatic rings. The molecule has 6 heteroatoms. The van der Waals surface area contributed by atoms with Crippen LogP contribution in [0.2, 0.25) is 0 Å². The molecule has 1 heterocycles. The molecule has 0 saturated heterocycles. The van der Waals surface area contributed by atoms with Crippen molar-refractivity contribution < 1.29 is 13.2 Å². The van der Waals surface area contributed by atoms with Crippen molar-refractivity contribution in [1.82, 2.24) is 0 Å². The van der Waals surface area contributed by atoms with Gasteiger partial charge in [-0.3, -0.25) is 0 Å². The third-order valence-electron chi connectivity index (χ3n) is 1.39. The molecule has 0 saturated carbocycles. The highest BCUT2D eigenvalue weighted by Crippen LogP contribution is 2.11. The molecule has 0 aromatic carbocycles. The van der Waals surface area contributed by atoms with Crippen LogP contribution in [0.15, 0.2) is 16.2 Å². The SMILES string of the molecule is CCOCC1=NC=C(N)S1(=O)=O. The van der Waals surface area contributed by atoms with E-state index in [1.807, 2.05) is 0 Å². The number of hydrogen-bond acceptors (Lipinski definition) is 5. The Kier molecular flexibility index (Phi) is 2.49. The van der Waals surface area contributed by atoms with Gasteiger partial charge >= 0.3 is 0 Å². The largest absolute Gasteiger partial charge is 0.388 e. The Morgan fingerprint density at radius 3 is 2.75 bits per heavy atom. The summed E-state index contributed by atoms with van der Waals surface area (Å²) in [5.74, 6) is 0. The van der Waals surface area contributed by atoms with E-state index in [0.717, 1.165) is 6.20 Å². The summed E-state index contributed by atoms with van der Waals surface area (Å²) in [6, 6.07) is 0. The number of aliphatic imine (C=N–C) groups is 1. The van der Waals surface area contributed by atoms with Crippen LogP contribution in [0.5, 0.6) is 0 Å². The van der Waals surface area contributed by atoms with Crippen LogP contribution in [0, 0.1) is 0 Å². The molecule has 12 heavy (non-hydrogen) atoms. The molecule has 0 spiro atoms. The molecule has 0 fully saturated rings. The van der Waals surface area contributed by atoms with Crippen LogP contribution in [-0.2, 0) is 14.6 Å². The average molecular weight is 190 g/mol. The Morgan fingerprint density at radius 1 is 1.67 bits per heavy atom. The average Bonchev–Trinajstić information content (AvgIpc) is 2.25. The van der Waals surface area contributed by atoms with Gasteiger partial charge in [0, 0.05) is 6.61 Å².